The van der Waals surface area contributed by atoms with E-state index in [-0.39, 0.29) is 12.3 Å². The van der Waals surface area contributed by atoms with Crippen LogP contribution in [0.25, 0.3) is 10.1 Å². The highest BCUT2D eigenvalue weighted by molar-refractivity contribution is 7.88. The molecule has 0 aliphatic rings. The Hall–Kier alpha value is -1.73. The van der Waals surface area contributed by atoms with Gasteiger partial charge >= 0.3 is 0 Å². The molecular formula is C19H21NO3S2. The normalized spacial score (nSPS) is 14.5. The van der Waals surface area contributed by atoms with Gasteiger partial charge in [0, 0.05) is 16.1 Å². The van der Waals surface area contributed by atoms with Gasteiger partial charge in [-0.2, -0.15) is 0 Å². The van der Waals surface area contributed by atoms with Gasteiger partial charge in [-0.25, -0.2) is 13.1 Å². The monoisotopic (exact) mass is 375 g/mol. The maximum absolute atomic E-state index is 12.3. The van der Waals surface area contributed by atoms with Gasteiger partial charge in [-0.1, -0.05) is 48.0 Å². The molecule has 1 atom stereocenters. The molecule has 0 bridgehead atoms. The predicted octanol–water partition coefficient (Wildman–Crippen LogP) is 3.54. The SMILES string of the molecule is Cc1cccc(CS(=O)(=O)NCC(C)(O)c2cc3ccccc3s2)c1. The Bertz CT molecular complexity index is 958. The summed E-state index contributed by atoms with van der Waals surface area (Å²) in [6.45, 7) is 3.50. The van der Waals surface area contributed by atoms with E-state index < -0.39 is 15.6 Å². The van der Waals surface area contributed by atoms with Crippen molar-refractivity contribution >= 4 is 31.4 Å². The molecule has 25 heavy (non-hydrogen) atoms. The van der Waals surface area contributed by atoms with Crippen LogP contribution in [0.2, 0.25) is 0 Å². The molecule has 0 saturated carbocycles. The second kappa shape index (κ2) is 6.88. The summed E-state index contributed by atoms with van der Waals surface area (Å²) in [7, 11) is -3.53. The Morgan fingerprint density at radius 2 is 1.88 bits per heavy atom. The Labute approximate surface area is 152 Å². The van der Waals surface area contributed by atoms with Crippen molar-refractivity contribution in [2.45, 2.75) is 25.2 Å². The lowest BCUT2D eigenvalue weighted by Crippen LogP contribution is -2.38. The molecular weight excluding hydrogens is 354 g/mol. The average Bonchev–Trinajstić information content (AvgIpc) is 2.98. The molecule has 0 amide bonds. The van der Waals surface area contributed by atoms with Crippen molar-refractivity contribution in [3.05, 3.63) is 70.6 Å². The Morgan fingerprint density at radius 1 is 1.12 bits per heavy atom. The number of aryl methyl sites for hydroxylation is 1. The van der Waals surface area contributed by atoms with Crippen molar-refractivity contribution in [3.63, 3.8) is 0 Å². The summed E-state index contributed by atoms with van der Waals surface area (Å²) in [5, 5.41) is 11.8. The fourth-order valence-electron chi connectivity index (χ4n) is 2.66. The molecule has 2 N–H and O–H groups in total. The van der Waals surface area contributed by atoms with Crippen molar-refractivity contribution in [3.8, 4) is 0 Å². The summed E-state index contributed by atoms with van der Waals surface area (Å²) in [5.74, 6) is -0.100. The first-order chi connectivity index (χ1) is 11.8. The van der Waals surface area contributed by atoms with Gasteiger partial charge in [-0.05, 0) is 36.9 Å². The third-order valence-electron chi connectivity index (χ3n) is 4.03. The van der Waals surface area contributed by atoms with Crippen LogP contribution in [0, 0.1) is 6.92 Å². The van der Waals surface area contributed by atoms with Crippen LogP contribution >= 0.6 is 11.3 Å². The van der Waals surface area contributed by atoms with E-state index in [0.29, 0.717) is 0 Å². The molecule has 1 unspecified atom stereocenters. The lowest BCUT2D eigenvalue weighted by atomic mass is 10.1. The van der Waals surface area contributed by atoms with Gasteiger partial charge in [0.1, 0.15) is 5.60 Å². The van der Waals surface area contributed by atoms with E-state index in [1.165, 1.54) is 11.3 Å². The van der Waals surface area contributed by atoms with E-state index in [1.807, 2.05) is 55.5 Å². The number of hydrogen-bond donors (Lipinski definition) is 2. The highest BCUT2D eigenvalue weighted by Crippen LogP contribution is 2.32. The van der Waals surface area contributed by atoms with Crippen LogP contribution in [0.4, 0.5) is 0 Å². The number of hydrogen-bond acceptors (Lipinski definition) is 4. The quantitative estimate of drug-likeness (QED) is 0.693. The van der Waals surface area contributed by atoms with Crippen LogP contribution in [-0.4, -0.2) is 20.1 Å². The van der Waals surface area contributed by atoms with Gasteiger partial charge in [0.25, 0.3) is 0 Å². The standard InChI is InChI=1S/C19H21NO3S2/c1-14-6-5-7-15(10-14)12-25(22,23)20-13-19(2,21)18-11-16-8-3-4-9-17(16)24-18/h3-11,20-21H,12-13H2,1-2H3. The summed E-state index contributed by atoms with van der Waals surface area (Å²) in [4.78, 5) is 0.743. The van der Waals surface area contributed by atoms with E-state index in [0.717, 1.165) is 26.1 Å². The summed E-state index contributed by atoms with van der Waals surface area (Å²) < 4.78 is 28.3. The molecule has 2 aromatic carbocycles. The molecule has 0 saturated heterocycles. The van der Waals surface area contributed by atoms with Crippen molar-refractivity contribution in [2.24, 2.45) is 0 Å². The fraction of sp³-hybridized carbons (Fsp3) is 0.263. The molecule has 0 aliphatic heterocycles. The number of sulfonamides is 1. The second-order valence-electron chi connectivity index (χ2n) is 6.49. The van der Waals surface area contributed by atoms with E-state index in [4.69, 9.17) is 0 Å². The van der Waals surface area contributed by atoms with Gasteiger partial charge in [0.2, 0.25) is 10.0 Å². The maximum atomic E-state index is 12.3. The van der Waals surface area contributed by atoms with Gasteiger partial charge in [-0.15, -0.1) is 11.3 Å². The molecule has 4 nitrogen and oxygen atoms in total. The molecule has 132 valence electrons. The lowest BCUT2D eigenvalue weighted by molar-refractivity contribution is 0.0666. The number of benzene rings is 2. The summed E-state index contributed by atoms with van der Waals surface area (Å²) in [6, 6.07) is 17.2. The molecule has 0 aliphatic carbocycles. The van der Waals surface area contributed by atoms with Crippen LogP contribution in [0.1, 0.15) is 22.9 Å². The first kappa shape index (κ1) is 18.1. The zero-order valence-electron chi connectivity index (χ0n) is 14.2. The molecule has 3 aromatic rings. The largest absolute Gasteiger partial charge is 0.383 e. The van der Waals surface area contributed by atoms with Gasteiger partial charge < -0.3 is 5.11 Å². The Balaban J connectivity index is 1.72. The molecule has 0 spiro atoms. The van der Waals surface area contributed by atoms with E-state index >= 15 is 0 Å². The second-order valence-corrected chi connectivity index (χ2v) is 9.38. The molecule has 6 heteroatoms. The van der Waals surface area contributed by atoms with Gasteiger partial charge in [-0.3, -0.25) is 0 Å². The Kier molecular flexibility index (Phi) is 4.97. The van der Waals surface area contributed by atoms with Crippen molar-refractivity contribution in [1.82, 2.24) is 4.72 Å². The number of aliphatic hydroxyl groups is 1. The third-order valence-corrected chi connectivity index (χ3v) is 6.70. The smallest absolute Gasteiger partial charge is 0.215 e. The third kappa shape index (κ3) is 4.46. The highest BCUT2D eigenvalue weighted by atomic mass is 32.2. The number of nitrogens with one attached hydrogen (secondary N) is 1. The fourth-order valence-corrected chi connectivity index (χ4v) is 4.98. The maximum Gasteiger partial charge on any atom is 0.215 e. The molecule has 1 heterocycles. The van der Waals surface area contributed by atoms with Gasteiger partial charge in [0.05, 0.1) is 5.75 Å². The predicted molar refractivity (Wildman–Crippen MR) is 103 cm³/mol. The first-order valence-electron chi connectivity index (χ1n) is 7.99. The molecule has 3 rings (SSSR count). The lowest BCUT2D eigenvalue weighted by Gasteiger charge is -2.22. The van der Waals surface area contributed by atoms with E-state index in [9.17, 15) is 13.5 Å². The summed E-state index contributed by atoms with van der Waals surface area (Å²) in [5.41, 5.74) is 0.488. The first-order valence-corrected chi connectivity index (χ1v) is 10.5. The zero-order valence-corrected chi connectivity index (χ0v) is 15.8. The highest BCUT2D eigenvalue weighted by Gasteiger charge is 2.27. The van der Waals surface area contributed by atoms with Crippen molar-refractivity contribution < 1.29 is 13.5 Å². The molecule has 0 radical (unpaired) electrons. The van der Waals surface area contributed by atoms with Crippen LogP contribution in [0.5, 0.6) is 0 Å². The topological polar surface area (TPSA) is 66.4 Å². The van der Waals surface area contributed by atoms with Crippen LogP contribution in [0.3, 0.4) is 0 Å². The minimum atomic E-state index is -3.53. The van der Waals surface area contributed by atoms with Crippen LogP contribution in [-0.2, 0) is 21.4 Å². The summed E-state index contributed by atoms with van der Waals surface area (Å²) in [6.07, 6.45) is 0. The Morgan fingerprint density at radius 3 is 2.60 bits per heavy atom. The number of fused-ring (bicyclic) bond motifs is 1. The van der Waals surface area contributed by atoms with Crippen molar-refractivity contribution in [1.29, 1.82) is 0 Å². The summed E-state index contributed by atoms with van der Waals surface area (Å²) >= 11 is 1.48. The average molecular weight is 376 g/mol. The van der Waals surface area contributed by atoms with E-state index in [1.54, 1.807) is 13.0 Å². The minimum Gasteiger partial charge on any atom is -0.383 e. The van der Waals surface area contributed by atoms with Crippen LogP contribution in [0.15, 0.2) is 54.6 Å². The van der Waals surface area contributed by atoms with Crippen molar-refractivity contribution in [2.75, 3.05) is 6.54 Å². The van der Waals surface area contributed by atoms with Gasteiger partial charge in [0.15, 0.2) is 0 Å². The molecule has 1 aromatic heterocycles. The van der Waals surface area contributed by atoms with E-state index in [2.05, 4.69) is 4.72 Å². The molecule has 0 fully saturated rings. The number of thiophene rings is 1. The zero-order chi connectivity index (χ0) is 18.1. The number of rotatable bonds is 6. The van der Waals surface area contributed by atoms with Crippen LogP contribution < -0.4 is 4.72 Å². The minimum absolute atomic E-state index is 0.0615.